The van der Waals surface area contributed by atoms with Gasteiger partial charge in [0, 0.05) is 11.0 Å². The molecule has 0 fully saturated rings. The van der Waals surface area contributed by atoms with Gasteiger partial charge in [0.05, 0.1) is 14.2 Å². The fraction of sp³-hybridized carbons (Fsp3) is 0.500. The number of benzene rings is 1. The zero-order valence-corrected chi connectivity index (χ0v) is 12.5. The number of terminal acetylenes is 1. The molecule has 3 nitrogen and oxygen atoms in total. The molecule has 0 bridgehead atoms. The van der Waals surface area contributed by atoms with E-state index in [9.17, 15) is 5.11 Å². The first kappa shape index (κ1) is 15.4. The number of rotatable bonds is 3. The number of hydrogen-bond acceptors (Lipinski definition) is 3. The Morgan fingerprint density at radius 3 is 2.11 bits per heavy atom. The molecule has 0 amide bonds. The van der Waals surface area contributed by atoms with E-state index in [4.69, 9.17) is 15.9 Å². The second-order valence-electron chi connectivity index (χ2n) is 5.65. The second kappa shape index (κ2) is 5.14. The van der Waals surface area contributed by atoms with Gasteiger partial charge in [-0.3, -0.25) is 0 Å². The van der Waals surface area contributed by atoms with Gasteiger partial charge in [-0.25, -0.2) is 0 Å². The Morgan fingerprint density at radius 1 is 1.16 bits per heavy atom. The molecule has 0 spiro atoms. The van der Waals surface area contributed by atoms with Crippen molar-refractivity contribution in [2.75, 3.05) is 14.2 Å². The van der Waals surface area contributed by atoms with Crippen LogP contribution in [0.4, 0.5) is 0 Å². The Hall–Kier alpha value is -1.66. The van der Waals surface area contributed by atoms with Crippen LogP contribution in [-0.2, 0) is 5.60 Å². The third kappa shape index (κ3) is 2.54. The molecule has 0 aliphatic carbocycles. The van der Waals surface area contributed by atoms with Gasteiger partial charge in [-0.15, -0.1) is 6.42 Å². The summed E-state index contributed by atoms with van der Waals surface area (Å²) in [4.78, 5) is 0. The van der Waals surface area contributed by atoms with E-state index in [1.54, 1.807) is 7.11 Å². The van der Waals surface area contributed by atoms with Crippen LogP contribution in [0.5, 0.6) is 11.5 Å². The summed E-state index contributed by atoms with van der Waals surface area (Å²) in [5, 5.41) is 10.9. The Bertz CT molecular complexity index is 506. The normalized spacial score (nSPS) is 14.4. The minimum atomic E-state index is -1.43. The quantitative estimate of drug-likeness (QED) is 0.851. The van der Waals surface area contributed by atoms with Crippen LogP contribution in [0.15, 0.2) is 12.1 Å². The van der Waals surface area contributed by atoms with Crippen LogP contribution in [0, 0.1) is 24.7 Å². The highest BCUT2D eigenvalue weighted by molar-refractivity contribution is 5.54. The van der Waals surface area contributed by atoms with E-state index in [0.717, 1.165) is 5.56 Å². The SMILES string of the molecule is C#CC(O)(c1cc(C)cc(OC)c1OC)C(C)(C)C. The van der Waals surface area contributed by atoms with E-state index < -0.39 is 11.0 Å². The molecular weight excluding hydrogens is 240 g/mol. The van der Waals surface area contributed by atoms with Gasteiger partial charge in [-0.1, -0.05) is 26.7 Å². The van der Waals surface area contributed by atoms with Crippen molar-refractivity contribution in [2.24, 2.45) is 5.41 Å². The molecule has 1 aromatic rings. The van der Waals surface area contributed by atoms with Crippen LogP contribution in [0.1, 0.15) is 31.9 Å². The Kier molecular flexibility index (Phi) is 4.17. The van der Waals surface area contributed by atoms with Gasteiger partial charge in [-0.05, 0) is 24.6 Å². The summed E-state index contributed by atoms with van der Waals surface area (Å²) < 4.78 is 10.7. The van der Waals surface area contributed by atoms with E-state index in [2.05, 4.69) is 5.92 Å². The van der Waals surface area contributed by atoms with Crippen molar-refractivity contribution in [2.45, 2.75) is 33.3 Å². The molecule has 0 saturated carbocycles. The third-order valence-corrected chi connectivity index (χ3v) is 3.31. The molecule has 0 radical (unpaired) electrons. The summed E-state index contributed by atoms with van der Waals surface area (Å²) in [5.74, 6) is 3.55. The van der Waals surface area contributed by atoms with Crippen molar-refractivity contribution >= 4 is 0 Å². The van der Waals surface area contributed by atoms with Crippen LogP contribution < -0.4 is 9.47 Å². The predicted octanol–water partition coefficient (Wildman–Crippen LogP) is 2.88. The predicted molar refractivity (Wildman–Crippen MR) is 76.5 cm³/mol. The van der Waals surface area contributed by atoms with Crippen molar-refractivity contribution in [3.8, 4) is 23.8 Å². The highest BCUT2D eigenvalue weighted by atomic mass is 16.5. The molecule has 1 rings (SSSR count). The van der Waals surface area contributed by atoms with Crippen molar-refractivity contribution in [1.29, 1.82) is 0 Å². The largest absolute Gasteiger partial charge is 0.493 e. The number of aryl methyl sites for hydroxylation is 1. The fourth-order valence-electron chi connectivity index (χ4n) is 2.07. The van der Waals surface area contributed by atoms with Crippen LogP contribution >= 0.6 is 0 Å². The van der Waals surface area contributed by atoms with Gasteiger partial charge < -0.3 is 14.6 Å². The van der Waals surface area contributed by atoms with E-state index in [0.29, 0.717) is 17.1 Å². The van der Waals surface area contributed by atoms with Gasteiger partial charge in [-0.2, -0.15) is 0 Å². The first-order valence-electron chi connectivity index (χ1n) is 6.14. The van der Waals surface area contributed by atoms with Crippen molar-refractivity contribution in [3.63, 3.8) is 0 Å². The summed E-state index contributed by atoms with van der Waals surface area (Å²) in [7, 11) is 3.10. The van der Waals surface area contributed by atoms with E-state index in [1.165, 1.54) is 7.11 Å². The maximum absolute atomic E-state index is 10.9. The van der Waals surface area contributed by atoms with Gasteiger partial charge in [0.1, 0.15) is 0 Å². The summed E-state index contributed by atoms with van der Waals surface area (Å²) in [5.41, 5.74) is -0.460. The second-order valence-corrected chi connectivity index (χ2v) is 5.65. The molecule has 0 heterocycles. The molecule has 19 heavy (non-hydrogen) atoms. The summed E-state index contributed by atoms with van der Waals surface area (Å²) in [6.45, 7) is 7.59. The Labute approximate surface area is 115 Å². The third-order valence-electron chi connectivity index (χ3n) is 3.31. The smallest absolute Gasteiger partial charge is 0.167 e. The standard InChI is InChI=1S/C16H22O3/c1-8-16(17,15(3,4)5)12-9-11(2)10-13(18-6)14(12)19-7/h1,9-10,17H,2-7H3. The average molecular weight is 262 g/mol. The lowest BCUT2D eigenvalue weighted by Gasteiger charge is -2.37. The molecule has 1 atom stereocenters. The highest BCUT2D eigenvalue weighted by Crippen LogP contribution is 2.46. The summed E-state index contributed by atoms with van der Waals surface area (Å²) in [6, 6.07) is 3.69. The number of ether oxygens (including phenoxy) is 2. The average Bonchev–Trinajstić information content (AvgIpc) is 2.35. The molecular formula is C16H22O3. The molecule has 1 aromatic carbocycles. The molecule has 0 aliphatic heterocycles. The molecule has 0 aliphatic rings. The maximum atomic E-state index is 10.9. The highest BCUT2D eigenvalue weighted by Gasteiger charge is 2.43. The monoisotopic (exact) mass is 262 g/mol. The lowest BCUT2D eigenvalue weighted by Crippen LogP contribution is -2.39. The Balaban J connectivity index is 3.66. The van der Waals surface area contributed by atoms with Gasteiger partial charge in [0.25, 0.3) is 0 Å². The first-order chi connectivity index (χ1) is 8.71. The summed E-state index contributed by atoms with van der Waals surface area (Å²) in [6.07, 6.45) is 5.59. The van der Waals surface area contributed by atoms with E-state index in [-0.39, 0.29) is 0 Å². The molecule has 1 N–H and O–H groups in total. The van der Waals surface area contributed by atoms with Crippen molar-refractivity contribution in [3.05, 3.63) is 23.3 Å². The number of hydrogen-bond donors (Lipinski definition) is 1. The minimum absolute atomic E-state index is 0.475. The van der Waals surface area contributed by atoms with Crippen LogP contribution in [0.3, 0.4) is 0 Å². The molecule has 0 saturated heterocycles. The fourth-order valence-corrected chi connectivity index (χ4v) is 2.07. The van der Waals surface area contributed by atoms with Crippen LogP contribution in [-0.4, -0.2) is 19.3 Å². The van der Waals surface area contributed by atoms with Crippen LogP contribution in [0.25, 0.3) is 0 Å². The van der Waals surface area contributed by atoms with Gasteiger partial charge >= 0.3 is 0 Å². The van der Waals surface area contributed by atoms with Crippen LogP contribution in [0.2, 0.25) is 0 Å². The molecule has 1 unspecified atom stereocenters. The zero-order valence-electron chi connectivity index (χ0n) is 12.5. The molecule has 0 aromatic heterocycles. The molecule has 3 heteroatoms. The Morgan fingerprint density at radius 2 is 1.74 bits per heavy atom. The number of methoxy groups -OCH3 is 2. The minimum Gasteiger partial charge on any atom is -0.493 e. The molecule has 104 valence electrons. The zero-order chi connectivity index (χ0) is 14.8. The van der Waals surface area contributed by atoms with Gasteiger partial charge in [0.15, 0.2) is 17.1 Å². The van der Waals surface area contributed by atoms with E-state index >= 15 is 0 Å². The van der Waals surface area contributed by atoms with Crippen molar-refractivity contribution in [1.82, 2.24) is 0 Å². The van der Waals surface area contributed by atoms with Crippen molar-refractivity contribution < 1.29 is 14.6 Å². The van der Waals surface area contributed by atoms with E-state index in [1.807, 2.05) is 39.8 Å². The first-order valence-corrected chi connectivity index (χ1v) is 6.14. The number of aliphatic hydroxyl groups is 1. The maximum Gasteiger partial charge on any atom is 0.167 e. The lowest BCUT2D eigenvalue weighted by atomic mass is 9.72. The van der Waals surface area contributed by atoms with Gasteiger partial charge in [0.2, 0.25) is 0 Å². The topological polar surface area (TPSA) is 38.7 Å². The lowest BCUT2D eigenvalue weighted by molar-refractivity contribution is -0.0109. The summed E-state index contributed by atoms with van der Waals surface area (Å²) >= 11 is 0.